The number of rotatable bonds is 6. The highest BCUT2D eigenvalue weighted by molar-refractivity contribution is 9.10. The first-order valence-corrected chi connectivity index (χ1v) is 7.74. The molecule has 0 fully saturated rings. The van der Waals surface area contributed by atoms with E-state index < -0.39 is 0 Å². The fourth-order valence-electron chi connectivity index (χ4n) is 1.87. The molecule has 2 N–H and O–H groups in total. The number of hydrogen-bond donors (Lipinski definition) is 2. The fourth-order valence-corrected chi connectivity index (χ4v) is 2.23. The number of amides is 2. The van der Waals surface area contributed by atoms with Gasteiger partial charge in [-0.25, -0.2) is 4.39 Å². The van der Waals surface area contributed by atoms with E-state index in [1.165, 1.54) is 18.3 Å². The molecule has 0 atom stereocenters. The molecule has 120 valence electrons. The third-order valence-electron chi connectivity index (χ3n) is 2.98. The first-order chi connectivity index (χ1) is 11.0. The molecule has 7 heteroatoms. The minimum Gasteiger partial charge on any atom is -0.354 e. The normalized spacial score (nSPS) is 10.2. The van der Waals surface area contributed by atoms with Gasteiger partial charge in [0.2, 0.25) is 5.91 Å². The molecule has 23 heavy (non-hydrogen) atoms. The first kappa shape index (κ1) is 17.1. The van der Waals surface area contributed by atoms with Crippen LogP contribution < -0.4 is 10.6 Å². The minimum atomic E-state index is -0.334. The summed E-state index contributed by atoms with van der Waals surface area (Å²) in [5.74, 6) is -0.777. The maximum absolute atomic E-state index is 12.8. The number of hydrogen-bond acceptors (Lipinski definition) is 3. The Kier molecular flexibility index (Phi) is 6.22. The summed E-state index contributed by atoms with van der Waals surface area (Å²) in [6, 6.07) is 7.42. The Bertz CT molecular complexity index is 692. The van der Waals surface area contributed by atoms with E-state index in [4.69, 9.17) is 0 Å². The zero-order valence-electron chi connectivity index (χ0n) is 12.2. The van der Waals surface area contributed by atoms with E-state index in [1.807, 2.05) is 0 Å². The summed E-state index contributed by atoms with van der Waals surface area (Å²) in [4.78, 5) is 27.5. The lowest BCUT2D eigenvalue weighted by Gasteiger charge is -2.07. The maximum atomic E-state index is 12.8. The van der Waals surface area contributed by atoms with Gasteiger partial charge in [0.05, 0.1) is 12.0 Å². The Morgan fingerprint density at radius 1 is 1.09 bits per heavy atom. The fraction of sp³-hybridized carbons (Fsp3) is 0.188. The highest BCUT2D eigenvalue weighted by Gasteiger charge is 2.07. The van der Waals surface area contributed by atoms with Crippen LogP contribution in [0.3, 0.4) is 0 Å². The number of aromatic nitrogens is 1. The van der Waals surface area contributed by atoms with Crippen molar-refractivity contribution in [3.8, 4) is 0 Å². The minimum absolute atomic E-state index is 0.170. The summed E-state index contributed by atoms with van der Waals surface area (Å²) in [6.07, 6.45) is 3.23. The van der Waals surface area contributed by atoms with Crippen molar-refractivity contribution in [2.75, 3.05) is 13.1 Å². The molecule has 0 bridgehead atoms. The molecule has 1 heterocycles. The number of nitrogens with one attached hydrogen (secondary N) is 2. The predicted octanol–water partition coefficient (Wildman–Crippen LogP) is 2.07. The van der Waals surface area contributed by atoms with E-state index in [-0.39, 0.29) is 24.1 Å². The summed E-state index contributed by atoms with van der Waals surface area (Å²) < 4.78 is 13.5. The lowest BCUT2D eigenvalue weighted by molar-refractivity contribution is -0.120. The Labute approximate surface area is 141 Å². The summed E-state index contributed by atoms with van der Waals surface area (Å²) in [6.45, 7) is 0.619. The standard InChI is InChI=1S/C16H15BrFN3O2/c17-13-8-12(9-19-10-13)16(23)21-6-5-20-15(22)7-11-1-3-14(18)4-2-11/h1-4,8-10H,5-7H2,(H,20,22)(H,21,23). The second-order valence-electron chi connectivity index (χ2n) is 4.80. The molecular formula is C16H15BrFN3O2. The van der Waals surface area contributed by atoms with Crippen molar-refractivity contribution >= 4 is 27.7 Å². The van der Waals surface area contributed by atoms with Gasteiger partial charge < -0.3 is 10.6 Å². The highest BCUT2D eigenvalue weighted by Crippen LogP contribution is 2.09. The molecule has 2 rings (SSSR count). The van der Waals surface area contributed by atoms with Gasteiger partial charge >= 0.3 is 0 Å². The van der Waals surface area contributed by atoms with Crippen LogP contribution in [0.4, 0.5) is 4.39 Å². The smallest absolute Gasteiger partial charge is 0.252 e. The molecule has 0 aliphatic carbocycles. The van der Waals surface area contributed by atoms with Gasteiger partial charge in [-0.3, -0.25) is 14.6 Å². The van der Waals surface area contributed by atoms with Gasteiger partial charge in [-0.05, 0) is 39.7 Å². The van der Waals surface area contributed by atoms with Crippen LogP contribution in [0.2, 0.25) is 0 Å². The number of benzene rings is 1. The molecule has 0 spiro atoms. The number of carbonyl (C=O) groups excluding carboxylic acids is 2. The quantitative estimate of drug-likeness (QED) is 0.754. The summed E-state index contributed by atoms with van der Waals surface area (Å²) >= 11 is 3.24. The third kappa shape index (κ3) is 5.78. The molecule has 2 amide bonds. The monoisotopic (exact) mass is 379 g/mol. The van der Waals surface area contributed by atoms with Crippen molar-refractivity contribution in [1.29, 1.82) is 0 Å². The average molecular weight is 380 g/mol. The number of carbonyl (C=O) groups is 2. The lowest BCUT2D eigenvalue weighted by atomic mass is 10.1. The van der Waals surface area contributed by atoms with Crippen molar-refractivity contribution in [1.82, 2.24) is 15.6 Å². The maximum Gasteiger partial charge on any atom is 0.252 e. The Balaban J connectivity index is 1.69. The summed E-state index contributed by atoms with van der Waals surface area (Å²) in [5.41, 5.74) is 1.17. The zero-order chi connectivity index (χ0) is 16.7. The van der Waals surface area contributed by atoms with Gasteiger partial charge in [0.25, 0.3) is 5.91 Å². The SMILES string of the molecule is O=C(Cc1ccc(F)cc1)NCCNC(=O)c1cncc(Br)c1. The molecule has 0 saturated heterocycles. The number of pyridine rings is 1. The highest BCUT2D eigenvalue weighted by atomic mass is 79.9. The van der Waals surface area contributed by atoms with E-state index in [0.29, 0.717) is 18.7 Å². The van der Waals surface area contributed by atoms with Crippen molar-refractivity contribution in [2.24, 2.45) is 0 Å². The second kappa shape index (κ2) is 8.38. The molecule has 0 unspecified atom stereocenters. The number of halogens is 2. The zero-order valence-corrected chi connectivity index (χ0v) is 13.8. The molecule has 0 aliphatic heterocycles. The molecule has 1 aromatic carbocycles. The Morgan fingerprint density at radius 2 is 1.78 bits per heavy atom. The van der Waals surface area contributed by atoms with Crippen LogP contribution in [0.25, 0.3) is 0 Å². The molecule has 5 nitrogen and oxygen atoms in total. The van der Waals surface area contributed by atoms with Gasteiger partial charge in [-0.15, -0.1) is 0 Å². The first-order valence-electron chi connectivity index (χ1n) is 6.94. The van der Waals surface area contributed by atoms with Crippen LogP contribution in [0.5, 0.6) is 0 Å². The van der Waals surface area contributed by atoms with E-state index in [9.17, 15) is 14.0 Å². The third-order valence-corrected chi connectivity index (χ3v) is 3.41. The Morgan fingerprint density at radius 3 is 2.48 bits per heavy atom. The van der Waals surface area contributed by atoms with E-state index in [0.717, 1.165) is 10.0 Å². The second-order valence-corrected chi connectivity index (χ2v) is 5.72. The van der Waals surface area contributed by atoms with Crippen LogP contribution in [0, 0.1) is 5.82 Å². The molecule has 1 aromatic heterocycles. The Hall–Kier alpha value is -2.28. The van der Waals surface area contributed by atoms with Crippen molar-refractivity contribution in [2.45, 2.75) is 6.42 Å². The van der Waals surface area contributed by atoms with Gasteiger partial charge in [0.1, 0.15) is 5.82 Å². The van der Waals surface area contributed by atoms with Gasteiger partial charge in [0, 0.05) is 30.0 Å². The van der Waals surface area contributed by atoms with Crippen LogP contribution >= 0.6 is 15.9 Å². The van der Waals surface area contributed by atoms with Crippen LogP contribution in [0.15, 0.2) is 47.2 Å². The van der Waals surface area contributed by atoms with Crippen LogP contribution in [0.1, 0.15) is 15.9 Å². The molecule has 0 radical (unpaired) electrons. The van der Waals surface area contributed by atoms with Crippen LogP contribution in [-0.4, -0.2) is 29.9 Å². The lowest BCUT2D eigenvalue weighted by Crippen LogP contribution is -2.35. The van der Waals surface area contributed by atoms with Crippen LogP contribution in [-0.2, 0) is 11.2 Å². The van der Waals surface area contributed by atoms with Gasteiger partial charge in [-0.1, -0.05) is 12.1 Å². The molecule has 0 aliphatic rings. The van der Waals surface area contributed by atoms with E-state index >= 15 is 0 Å². The summed E-state index contributed by atoms with van der Waals surface area (Å²) in [5, 5.41) is 5.38. The molecule has 2 aromatic rings. The molecular weight excluding hydrogens is 365 g/mol. The van der Waals surface area contributed by atoms with Crippen molar-refractivity contribution in [3.05, 3.63) is 64.1 Å². The largest absolute Gasteiger partial charge is 0.354 e. The number of nitrogens with zero attached hydrogens (tertiary/aromatic N) is 1. The molecule has 0 saturated carbocycles. The van der Waals surface area contributed by atoms with Gasteiger partial charge in [0.15, 0.2) is 0 Å². The van der Waals surface area contributed by atoms with E-state index in [2.05, 4.69) is 31.5 Å². The average Bonchev–Trinajstić information content (AvgIpc) is 2.53. The predicted molar refractivity (Wildman–Crippen MR) is 87.4 cm³/mol. The topological polar surface area (TPSA) is 71.1 Å². The van der Waals surface area contributed by atoms with Crippen molar-refractivity contribution in [3.63, 3.8) is 0 Å². The van der Waals surface area contributed by atoms with Gasteiger partial charge in [-0.2, -0.15) is 0 Å². The summed E-state index contributed by atoms with van der Waals surface area (Å²) in [7, 11) is 0. The van der Waals surface area contributed by atoms with Crippen molar-refractivity contribution < 1.29 is 14.0 Å². The van der Waals surface area contributed by atoms with E-state index in [1.54, 1.807) is 24.4 Å².